The molecule has 30 heavy (non-hydrogen) atoms. The zero-order valence-corrected chi connectivity index (χ0v) is 18.2. The van der Waals surface area contributed by atoms with Crippen molar-refractivity contribution in [2.45, 2.75) is 35.6 Å². The van der Waals surface area contributed by atoms with Gasteiger partial charge < -0.3 is 0 Å². The van der Waals surface area contributed by atoms with Crippen LogP contribution in [0.1, 0.15) is 30.3 Å². The fraction of sp³-hybridized carbons (Fsp3) is 0.300. The SMILES string of the molecule is Cc1ccc(S(C)(=O)=O)cc1S(=O)(=O)N1CCCC1c1nc(-c2ccccc2)n[nH]1. The predicted octanol–water partition coefficient (Wildman–Crippen LogP) is 2.71. The minimum absolute atomic E-state index is 0.000114. The maximum atomic E-state index is 13.5. The highest BCUT2D eigenvalue weighted by Gasteiger charge is 2.39. The Hall–Kier alpha value is -2.56. The minimum atomic E-state index is -3.92. The summed E-state index contributed by atoms with van der Waals surface area (Å²) < 4.78 is 52.2. The van der Waals surface area contributed by atoms with Gasteiger partial charge in [-0.1, -0.05) is 36.4 Å². The van der Waals surface area contributed by atoms with Crippen molar-refractivity contribution in [1.29, 1.82) is 0 Å². The van der Waals surface area contributed by atoms with Gasteiger partial charge in [-0.05, 0) is 37.5 Å². The summed E-state index contributed by atoms with van der Waals surface area (Å²) in [6.07, 6.45) is 2.34. The Bertz CT molecular complexity index is 1290. The number of sulfonamides is 1. The van der Waals surface area contributed by atoms with Gasteiger partial charge in [0.2, 0.25) is 10.0 Å². The summed E-state index contributed by atoms with van der Waals surface area (Å²) in [5.41, 5.74) is 1.33. The van der Waals surface area contributed by atoms with Gasteiger partial charge in [0.15, 0.2) is 15.7 Å². The summed E-state index contributed by atoms with van der Waals surface area (Å²) >= 11 is 0. The number of nitrogens with one attached hydrogen (secondary N) is 1. The van der Waals surface area contributed by atoms with E-state index in [-0.39, 0.29) is 9.79 Å². The lowest BCUT2D eigenvalue weighted by molar-refractivity contribution is 0.384. The van der Waals surface area contributed by atoms with Crippen LogP contribution >= 0.6 is 0 Å². The van der Waals surface area contributed by atoms with E-state index < -0.39 is 25.9 Å². The largest absolute Gasteiger partial charge is 0.261 e. The van der Waals surface area contributed by atoms with Crippen molar-refractivity contribution in [2.75, 3.05) is 12.8 Å². The molecule has 1 fully saturated rings. The van der Waals surface area contributed by atoms with E-state index in [2.05, 4.69) is 15.2 Å². The molecule has 8 nitrogen and oxygen atoms in total. The van der Waals surface area contributed by atoms with Crippen LogP contribution in [-0.4, -0.2) is 49.1 Å². The van der Waals surface area contributed by atoms with Crippen molar-refractivity contribution < 1.29 is 16.8 Å². The van der Waals surface area contributed by atoms with Crippen molar-refractivity contribution in [3.8, 4) is 11.4 Å². The molecule has 158 valence electrons. The number of aromatic amines is 1. The van der Waals surface area contributed by atoms with E-state index >= 15 is 0 Å². The van der Waals surface area contributed by atoms with Crippen LogP contribution in [0.3, 0.4) is 0 Å². The van der Waals surface area contributed by atoms with Crippen LogP contribution in [0, 0.1) is 6.92 Å². The van der Waals surface area contributed by atoms with Crippen molar-refractivity contribution in [2.24, 2.45) is 0 Å². The second-order valence-corrected chi connectivity index (χ2v) is 11.3. The first-order valence-electron chi connectivity index (χ1n) is 9.48. The summed E-state index contributed by atoms with van der Waals surface area (Å²) in [6, 6.07) is 13.1. The first-order chi connectivity index (χ1) is 14.2. The molecule has 1 N–H and O–H groups in total. The van der Waals surface area contributed by atoms with Gasteiger partial charge in [0, 0.05) is 18.4 Å². The number of nitrogens with zero attached hydrogens (tertiary/aromatic N) is 3. The third kappa shape index (κ3) is 3.78. The molecule has 2 aromatic carbocycles. The van der Waals surface area contributed by atoms with Gasteiger partial charge in [-0.2, -0.15) is 9.40 Å². The summed E-state index contributed by atoms with van der Waals surface area (Å²) in [7, 11) is -7.45. The quantitative estimate of drug-likeness (QED) is 0.645. The standard InChI is InChI=1S/C20H22N4O4S2/c1-14-10-11-16(29(2,25)26)13-18(14)30(27,28)24-12-6-9-17(24)20-21-19(22-23-20)15-7-4-3-5-8-15/h3-5,7-8,10-11,13,17H,6,9,12H2,1-2H3,(H,21,22,23). The third-order valence-electron chi connectivity index (χ3n) is 5.23. The third-order valence-corrected chi connectivity index (χ3v) is 8.39. The fourth-order valence-corrected chi connectivity index (χ4v) is 6.29. The fourth-order valence-electron chi connectivity index (χ4n) is 3.66. The summed E-state index contributed by atoms with van der Waals surface area (Å²) in [4.78, 5) is 4.51. The van der Waals surface area contributed by atoms with Crippen LogP contribution in [0.2, 0.25) is 0 Å². The maximum absolute atomic E-state index is 13.5. The summed E-state index contributed by atoms with van der Waals surface area (Å²) in [5.74, 6) is 0.983. The number of H-pyrrole nitrogens is 1. The van der Waals surface area contributed by atoms with E-state index in [1.807, 2.05) is 30.3 Å². The van der Waals surface area contributed by atoms with E-state index in [9.17, 15) is 16.8 Å². The molecule has 3 aromatic rings. The Balaban J connectivity index is 1.71. The summed E-state index contributed by atoms with van der Waals surface area (Å²) in [6.45, 7) is 1.99. The molecule has 1 aliphatic rings. The molecule has 1 atom stereocenters. The molecule has 0 amide bonds. The van der Waals surface area contributed by atoms with Crippen molar-refractivity contribution in [3.63, 3.8) is 0 Å². The Kier molecular flexibility index (Phi) is 5.25. The van der Waals surface area contributed by atoms with Crippen molar-refractivity contribution in [1.82, 2.24) is 19.5 Å². The number of benzene rings is 2. The Labute approximate surface area is 175 Å². The van der Waals surface area contributed by atoms with Crippen LogP contribution in [0.25, 0.3) is 11.4 Å². The number of rotatable bonds is 5. The second kappa shape index (κ2) is 7.60. The molecule has 0 radical (unpaired) electrons. The number of aromatic nitrogens is 3. The minimum Gasteiger partial charge on any atom is -0.261 e. The van der Waals surface area contributed by atoms with Crippen molar-refractivity contribution >= 4 is 19.9 Å². The molecule has 1 aromatic heterocycles. The molecule has 10 heteroatoms. The number of aryl methyl sites for hydroxylation is 1. The van der Waals surface area contributed by atoms with Crippen LogP contribution in [0.4, 0.5) is 0 Å². The van der Waals surface area contributed by atoms with Gasteiger partial charge in [0.25, 0.3) is 0 Å². The molecule has 1 unspecified atom stereocenters. The predicted molar refractivity (Wildman–Crippen MR) is 112 cm³/mol. The highest BCUT2D eigenvalue weighted by molar-refractivity contribution is 7.91. The molecule has 0 spiro atoms. The average Bonchev–Trinajstić information content (AvgIpc) is 3.37. The molecule has 1 saturated heterocycles. The monoisotopic (exact) mass is 446 g/mol. The van der Waals surface area contributed by atoms with E-state index in [1.165, 1.54) is 22.5 Å². The Morgan fingerprint density at radius 2 is 1.80 bits per heavy atom. The average molecular weight is 447 g/mol. The Morgan fingerprint density at radius 1 is 1.07 bits per heavy atom. The maximum Gasteiger partial charge on any atom is 0.244 e. The molecule has 0 saturated carbocycles. The van der Waals surface area contributed by atoms with E-state index in [0.717, 1.165) is 11.8 Å². The molecular formula is C20H22N4O4S2. The van der Waals surface area contributed by atoms with Crippen LogP contribution in [0.5, 0.6) is 0 Å². The van der Waals surface area contributed by atoms with Crippen LogP contribution in [0.15, 0.2) is 58.3 Å². The highest BCUT2D eigenvalue weighted by Crippen LogP contribution is 2.36. The van der Waals surface area contributed by atoms with E-state index in [4.69, 9.17) is 0 Å². The van der Waals surface area contributed by atoms with Gasteiger partial charge >= 0.3 is 0 Å². The first kappa shape index (κ1) is 20.7. The summed E-state index contributed by atoms with van der Waals surface area (Å²) in [5, 5.41) is 7.13. The van der Waals surface area contributed by atoms with Gasteiger partial charge in [0.05, 0.1) is 15.8 Å². The van der Waals surface area contributed by atoms with Gasteiger partial charge in [-0.3, -0.25) is 5.10 Å². The molecule has 2 heterocycles. The Morgan fingerprint density at radius 3 is 2.50 bits per heavy atom. The molecule has 4 rings (SSSR count). The van der Waals surface area contributed by atoms with Gasteiger partial charge in [0.1, 0.15) is 5.82 Å². The van der Waals surface area contributed by atoms with Crippen LogP contribution < -0.4 is 0 Å². The first-order valence-corrected chi connectivity index (χ1v) is 12.8. The van der Waals surface area contributed by atoms with Gasteiger partial charge in [-0.15, -0.1) is 0 Å². The number of hydrogen-bond acceptors (Lipinski definition) is 6. The van der Waals surface area contributed by atoms with Gasteiger partial charge in [-0.25, -0.2) is 21.8 Å². The lowest BCUT2D eigenvalue weighted by atomic mass is 10.2. The lowest BCUT2D eigenvalue weighted by Crippen LogP contribution is -2.31. The normalized spacial score (nSPS) is 18.0. The lowest BCUT2D eigenvalue weighted by Gasteiger charge is -2.23. The molecule has 0 aliphatic carbocycles. The zero-order valence-electron chi connectivity index (χ0n) is 16.6. The van der Waals surface area contributed by atoms with Crippen molar-refractivity contribution in [3.05, 3.63) is 59.9 Å². The number of sulfone groups is 1. The van der Waals surface area contributed by atoms with E-state index in [1.54, 1.807) is 6.92 Å². The molecular weight excluding hydrogens is 424 g/mol. The topological polar surface area (TPSA) is 113 Å². The molecule has 0 bridgehead atoms. The highest BCUT2D eigenvalue weighted by atomic mass is 32.2. The second-order valence-electron chi connectivity index (χ2n) is 7.38. The van der Waals surface area contributed by atoms with E-state index in [0.29, 0.717) is 36.6 Å². The zero-order chi connectivity index (χ0) is 21.5. The van der Waals surface area contributed by atoms with Crippen LogP contribution in [-0.2, 0) is 19.9 Å². The number of hydrogen-bond donors (Lipinski definition) is 1. The smallest absolute Gasteiger partial charge is 0.244 e. The molecule has 1 aliphatic heterocycles.